The number of ether oxygens (including phenoxy) is 1. The van der Waals surface area contributed by atoms with Crippen LogP contribution >= 0.6 is 0 Å². The van der Waals surface area contributed by atoms with Gasteiger partial charge in [-0.2, -0.15) is 0 Å². The van der Waals surface area contributed by atoms with Crippen molar-refractivity contribution in [3.63, 3.8) is 0 Å². The average molecular weight is 174 g/mol. The monoisotopic (exact) mass is 174 g/mol. The number of hydrogen-bond acceptors (Lipinski definition) is 3. The van der Waals surface area contributed by atoms with Crippen molar-refractivity contribution in [3.8, 4) is 0 Å². The van der Waals surface area contributed by atoms with Crippen LogP contribution in [0.1, 0.15) is 40.0 Å². The van der Waals surface area contributed by atoms with Gasteiger partial charge in [-0.25, -0.2) is 0 Å². The molecule has 0 spiro atoms. The lowest BCUT2D eigenvalue weighted by atomic mass is 10.00. The van der Waals surface area contributed by atoms with Crippen molar-refractivity contribution >= 4 is 5.97 Å². The molecular formula is C9H18O3. The molecule has 1 N–H and O–H groups in total. The van der Waals surface area contributed by atoms with E-state index in [1.54, 1.807) is 6.92 Å². The molecule has 1 unspecified atom stereocenters. The van der Waals surface area contributed by atoms with Crippen LogP contribution in [0.2, 0.25) is 0 Å². The first-order chi connectivity index (χ1) is 5.52. The number of esters is 1. The Morgan fingerprint density at radius 3 is 2.50 bits per heavy atom. The summed E-state index contributed by atoms with van der Waals surface area (Å²) < 4.78 is 4.83. The van der Waals surface area contributed by atoms with Gasteiger partial charge in [-0.3, -0.25) is 4.79 Å². The first kappa shape index (κ1) is 11.4. The predicted molar refractivity (Wildman–Crippen MR) is 46.8 cm³/mol. The van der Waals surface area contributed by atoms with E-state index in [2.05, 4.69) is 0 Å². The highest BCUT2D eigenvalue weighted by Gasteiger charge is 2.22. The van der Waals surface area contributed by atoms with Crippen LogP contribution in [0.25, 0.3) is 0 Å². The molecule has 3 heteroatoms. The van der Waals surface area contributed by atoms with Gasteiger partial charge in [0.2, 0.25) is 0 Å². The van der Waals surface area contributed by atoms with E-state index in [1.807, 2.05) is 13.8 Å². The van der Waals surface area contributed by atoms with E-state index in [-0.39, 0.29) is 12.4 Å². The fourth-order valence-electron chi connectivity index (χ4n) is 0.703. The Kier molecular flexibility index (Phi) is 4.90. The predicted octanol–water partition coefficient (Wildman–Crippen LogP) is 1.49. The van der Waals surface area contributed by atoms with Crippen molar-refractivity contribution in [1.82, 2.24) is 0 Å². The topological polar surface area (TPSA) is 46.5 Å². The molecule has 0 amide bonds. The van der Waals surface area contributed by atoms with Gasteiger partial charge in [0.15, 0.2) is 0 Å². The third-order valence-corrected chi connectivity index (χ3v) is 1.75. The molecule has 0 aliphatic heterocycles. The third kappa shape index (κ3) is 5.13. The molecule has 0 radical (unpaired) electrons. The van der Waals surface area contributed by atoms with Crippen molar-refractivity contribution in [2.45, 2.75) is 45.6 Å². The molecule has 0 bridgehead atoms. The number of rotatable bonds is 5. The summed E-state index contributed by atoms with van der Waals surface area (Å²) in [5.74, 6) is -0.316. The van der Waals surface area contributed by atoms with E-state index >= 15 is 0 Å². The van der Waals surface area contributed by atoms with E-state index in [0.29, 0.717) is 13.0 Å². The molecule has 0 aliphatic rings. The van der Waals surface area contributed by atoms with Crippen LogP contribution in [0.4, 0.5) is 0 Å². The summed E-state index contributed by atoms with van der Waals surface area (Å²) in [7, 11) is 0. The lowest BCUT2D eigenvalue weighted by Crippen LogP contribution is -2.27. The van der Waals surface area contributed by atoms with Gasteiger partial charge in [0.05, 0.1) is 18.6 Å². The summed E-state index contributed by atoms with van der Waals surface area (Å²) in [6, 6.07) is 0. The molecule has 0 heterocycles. The average Bonchev–Trinajstić information content (AvgIpc) is 2.00. The molecule has 0 aromatic carbocycles. The van der Waals surface area contributed by atoms with Crippen molar-refractivity contribution in [2.24, 2.45) is 0 Å². The van der Waals surface area contributed by atoms with E-state index in [1.165, 1.54) is 0 Å². The SMILES string of the molecule is CCCOC(=O)CC(C)(O)CC. The minimum absolute atomic E-state index is 0.0868. The largest absolute Gasteiger partial charge is 0.466 e. The van der Waals surface area contributed by atoms with Gasteiger partial charge in [-0.15, -0.1) is 0 Å². The van der Waals surface area contributed by atoms with Crippen molar-refractivity contribution in [3.05, 3.63) is 0 Å². The van der Waals surface area contributed by atoms with E-state index < -0.39 is 5.60 Å². The van der Waals surface area contributed by atoms with Crippen LogP contribution in [0.15, 0.2) is 0 Å². The van der Waals surface area contributed by atoms with Gasteiger partial charge in [0, 0.05) is 0 Å². The Balaban J connectivity index is 3.68. The lowest BCUT2D eigenvalue weighted by molar-refractivity contribution is -0.148. The minimum Gasteiger partial charge on any atom is -0.466 e. The summed E-state index contributed by atoms with van der Waals surface area (Å²) >= 11 is 0. The molecule has 0 aromatic heterocycles. The van der Waals surface area contributed by atoms with Crippen molar-refractivity contribution in [1.29, 1.82) is 0 Å². The van der Waals surface area contributed by atoms with Gasteiger partial charge < -0.3 is 9.84 Å². The molecule has 0 saturated heterocycles. The summed E-state index contributed by atoms with van der Waals surface area (Å²) in [5, 5.41) is 9.49. The standard InChI is InChI=1S/C9H18O3/c1-4-6-12-8(10)7-9(3,11)5-2/h11H,4-7H2,1-3H3. The van der Waals surface area contributed by atoms with E-state index in [4.69, 9.17) is 4.74 Å². The third-order valence-electron chi connectivity index (χ3n) is 1.75. The zero-order chi connectivity index (χ0) is 9.61. The highest BCUT2D eigenvalue weighted by molar-refractivity contribution is 5.70. The van der Waals surface area contributed by atoms with Crippen LogP contribution < -0.4 is 0 Å². The first-order valence-corrected chi connectivity index (χ1v) is 4.40. The highest BCUT2D eigenvalue weighted by atomic mass is 16.5. The molecule has 0 fully saturated rings. The first-order valence-electron chi connectivity index (χ1n) is 4.40. The molecule has 0 aliphatic carbocycles. The van der Waals surface area contributed by atoms with Gasteiger partial charge >= 0.3 is 5.97 Å². The van der Waals surface area contributed by atoms with Gasteiger partial charge in [-0.1, -0.05) is 13.8 Å². The van der Waals surface area contributed by atoms with Gasteiger partial charge in [-0.05, 0) is 19.8 Å². The molecule has 0 rings (SSSR count). The summed E-state index contributed by atoms with van der Waals surface area (Å²) in [6.07, 6.45) is 1.47. The smallest absolute Gasteiger partial charge is 0.308 e. The molecule has 3 nitrogen and oxygen atoms in total. The molecule has 0 aromatic rings. The highest BCUT2D eigenvalue weighted by Crippen LogP contribution is 2.14. The molecule has 72 valence electrons. The fraction of sp³-hybridized carbons (Fsp3) is 0.889. The minimum atomic E-state index is -0.912. The molecule has 0 saturated carbocycles. The number of aliphatic hydroxyl groups is 1. The molecule has 12 heavy (non-hydrogen) atoms. The van der Waals surface area contributed by atoms with Crippen LogP contribution in [0, 0.1) is 0 Å². The molecular weight excluding hydrogens is 156 g/mol. The number of carbonyl (C=O) groups excluding carboxylic acids is 1. The Labute approximate surface area is 73.7 Å². The Bertz CT molecular complexity index is 141. The zero-order valence-electron chi connectivity index (χ0n) is 8.09. The van der Waals surface area contributed by atoms with Crippen LogP contribution in [0.3, 0.4) is 0 Å². The Hall–Kier alpha value is -0.570. The number of carbonyl (C=O) groups is 1. The van der Waals surface area contributed by atoms with E-state index in [0.717, 1.165) is 6.42 Å². The van der Waals surface area contributed by atoms with Crippen LogP contribution in [-0.2, 0) is 9.53 Å². The number of hydrogen-bond donors (Lipinski definition) is 1. The maximum Gasteiger partial charge on any atom is 0.308 e. The van der Waals surface area contributed by atoms with Crippen LogP contribution in [-0.4, -0.2) is 23.3 Å². The van der Waals surface area contributed by atoms with E-state index in [9.17, 15) is 9.90 Å². The summed E-state index contributed by atoms with van der Waals surface area (Å²) in [5.41, 5.74) is -0.912. The lowest BCUT2D eigenvalue weighted by Gasteiger charge is -2.19. The Morgan fingerprint density at radius 1 is 1.50 bits per heavy atom. The summed E-state index contributed by atoms with van der Waals surface area (Å²) in [4.78, 5) is 11.0. The summed E-state index contributed by atoms with van der Waals surface area (Å²) in [6.45, 7) is 5.86. The second-order valence-electron chi connectivity index (χ2n) is 3.25. The maximum absolute atomic E-state index is 11.0. The second kappa shape index (κ2) is 5.14. The quantitative estimate of drug-likeness (QED) is 0.642. The molecule has 1 atom stereocenters. The van der Waals surface area contributed by atoms with Crippen molar-refractivity contribution < 1.29 is 14.6 Å². The van der Waals surface area contributed by atoms with Gasteiger partial charge in [0.1, 0.15) is 0 Å². The van der Waals surface area contributed by atoms with Crippen LogP contribution in [0.5, 0.6) is 0 Å². The second-order valence-corrected chi connectivity index (χ2v) is 3.25. The fourth-order valence-corrected chi connectivity index (χ4v) is 0.703. The Morgan fingerprint density at radius 2 is 2.08 bits per heavy atom. The maximum atomic E-state index is 11.0. The zero-order valence-corrected chi connectivity index (χ0v) is 8.09. The van der Waals surface area contributed by atoms with Gasteiger partial charge in [0.25, 0.3) is 0 Å². The normalized spacial score (nSPS) is 15.3. The van der Waals surface area contributed by atoms with Crippen molar-refractivity contribution in [2.75, 3.05) is 6.61 Å².